The molecule has 0 amide bonds. The number of rotatable bonds is 5. The summed E-state index contributed by atoms with van der Waals surface area (Å²) in [5.74, 6) is 2.12. The van der Waals surface area contributed by atoms with E-state index in [2.05, 4.69) is 48.9 Å². The molecular weight excluding hydrogens is 336 g/mol. The second-order valence-electron chi connectivity index (χ2n) is 7.90. The summed E-state index contributed by atoms with van der Waals surface area (Å²) in [7, 11) is 0. The third kappa shape index (κ3) is 5.57. The molecule has 0 unspecified atom stereocenters. The molecular formula is C23H30N2O2. The lowest BCUT2D eigenvalue weighted by molar-refractivity contribution is 0.126. The summed E-state index contributed by atoms with van der Waals surface area (Å²) in [6.45, 7) is 11.7. The molecule has 1 saturated heterocycles. The van der Waals surface area contributed by atoms with E-state index in [1.54, 1.807) is 6.20 Å². The molecule has 0 aliphatic carbocycles. The Morgan fingerprint density at radius 1 is 1.07 bits per heavy atom. The third-order valence-electron chi connectivity index (χ3n) is 4.83. The number of likely N-dealkylation sites (tertiary alicyclic amines) is 1. The largest absolute Gasteiger partial charge is 0.492 e. The molecule has 1 aliphatic rings. The van der Waals surface area contributed by atoms with E-state index in [0.717, 1.165) is 37.4 Å². The second-order valence-corrected chi connectivity index (χ2v) is 7.90. The summed E-state index contributed by atoms with van der Waals surface area (Å²) >= 11 is 0. The lowest BCUT2D eigenvalue weighted by Crippen LogP contribution is -2.44. The molecule has 27 heavy (non-hydrogen) atoms. The molecule has 0 spiro atoms. The molecule has 4 nitrogen and oxygen atoms in total. The maximum atomic E-state index is 5.90. The maximum absolute atomic E-state index is 5.90. The van der Waals surface area contributed by atoms with E-state index in [9.17, 15) is 0 Å². The Bertz CT molecular complexity index is 766. The zero-order valence-corrected chi connectivity index (χ0v) is 16.9. The fourth-order valence-electron chi connectivity index (χ4n) is 3.31. The van der Waals surface area contributed by atoms with Crippen molar-refractivity contribution in [3.05, 3.63) is 53.7 Å². The highest BCUT2D eigenvalue weighted by atomic mass is 16.5. The molecule has 0 bridgehead atoms. The van der Waals surface area contributed by atoms with E-state index in [1.165, 1.54) is 11.1 Å². The Hall–Kier alpha value is -2.33. The third-order valence-corrected chi connectivity index (χ3v) is 4.83. The number of hydrogen-bond acceptors (Lipinski definition) is 4. The molecule has 4 heteroatoms. The van der Waals surface area contributed by atoms with E-state index in [0.29, 0.717) is 12.5 Å². The van der Waals surface area contributed by atoms with Gasteiger partial charge in [0.25, 0.3) is 0 Å². The molecule has 1 aromatic heterocycles. The van der Waals surface area contributed by atoms with Crippen LogP contribution in [0.1, 0.15) is 46.1 Å². The van der Waals surface area contributed by atoms with Gasteiger partial charge in [0.2, 0.25) is 5.88 Å². The molecule has 144 valence electrons. The van der Waals surface area contributed by atoms with E-state index in [1.807, 2.05) is 31.2 Å². The second kappa shape index (κ2) is 8.57. The Morgan fingerprint density at radius 3 is 2.48 bits per heavy atom. The predicted molar refractivity (Wildman–Crippen MR) is 110 cm³/mol. The van der Waals surface area contributed by atoms with Gasteiger partial charge < -0.3 is 9.47 Å². The van der Waals surface area contributed by atoms with Gasteiger partial charge in [-0.1, -0.05) is 23.8 Å². The minimum Gasteiger partial charge on any atom is -0.492 e. The average Bonchev–Trinajstić information content (AvgIpc) is 2.64. The number of pyridine rings is 1. The van der Waals surface area contributed by atoms with Gasteiger partial charge in [0.1, 0.15) is 11.5 Å². The van der Waals surface area contributed by atoms with Gasteiger partial charge in [-0.3, -0.25) is 4.90 Å². The molecule has 0 radical (unpaired) electrons. The first-order chi connectivity index (χ1) is 12.9. The zero-order valence-electron chi connectivity index (χ0n) is 16.9. The van der Waals surface area contributed by atoms with Crippen molar-refractivity contribution < 1.29 is 9.47 Å². The molecule has 1 aromatic carbocycles. The molecule has 0 atom stereocenters. The van der Waals surface area contributed by atoms with Crippen LogP contribution in [0, 0.1) is 0 Å². The molecule has 1 aliphatic heterocycles. The van der Waals surface area contributed by atoms with Gasteiger partial charge in [-0.05, 0) is 64.3 Å². The maximum Gasteiger partial charge on any atom is 0.219 e. The van der Waals surface area contributed by atoms with Crippen LogP contribution < -0.4 is 9.47 Å². The van der Waals surface area contributed by atoms with Gasteiger partial charge in [0, 0.05) is 24.7 Å². The van der Waals surface area contributed by atoms with Crippen LogP contribution in [0.2, 0.25) is 0 Å². The van der Waals surface area contributed by atoms with Crippen molar-refractivity contribution in [3.63, 3.8) is 0 Å². The Balaban J connectivity index is 1.64. The lowest BCUT2D eigenvalue weighted by Gasteiger charge is -2.39. The SMILES string of the molecule is CCOc1ccc(Oc2cccc(C=C3CCN(C(C)(C)C)CC3)c2)nc1. The van der Waals surface area contributed by atoms with E-state index < -0.39 is 0 Å². The summed E-state index contributed by atoms with van der Waals surface area (Å²) in [6.07, 6.45) is 6.25. The first-order valence-electron chi connectivity index (χ1n) is 9.75. The predicted octanol–water partition coefficient (Wildman–Crippen LogP) is 5.55. The highest BCUT2D eigenvalue weighted by Crippen LogP contribution is 2.27. The monoisotopic (exact) mass is 366 g/mol. The smallest absolute Gasteiger partial charge is 0.219 e. The van der Waals surface area contributed by atoms with Crippen molar-refractivity contribution in [1.82, 2.24) is 9.88 Å². The van der Waals surface area contributed by atoms with Gasteiger partial charge >= 0.3 is 0 Å². The first kappa shape index (κ1) is 19.4. The van der Waals surface area contributed by atoms with E-state index in [4.69, 9.17) is 9.47 Å². The molecule has 3 rings (SSSR count). The number of nitrogens with zero attached hydrogens (tertiary/aromatic N) is 2. The summed E-state index contributed by atoms with van der Waals surface area (Å²) in [5, 5.41) is 0. The first-order valence-corrected chi connectivity index (χ1v) is 9.75. The van der Waals surface area contributed by atoms with Crippen molar-refractivity contribution in [2.45, 2.75) is 46.1 Å². The van der Waals surface area contributed by atoms with Crippen LogP contribution in [-0.2, 0) is 0 Å². The van der Waals surface area contributed by atoms with E-state index in [-0.39, 0.29) is 5.54 Å². The van der Waals surface area contributed by atoms with Gasteiger partial charge in [-0.2, -0.15) is 0 Å². The van der Waals surface area contributed by atoms with Crippen molar-refractivity contribution in [1.29, 1.82) is 0 Å². The Labute approximate surface area is 162 Å². The van der Waals surface area contributed by atoms with E-state index >= 15 is 0 Å². The number of piperidine rings is 1. The normalized spacial score (nSPS) is 15.5. The van der Waals surface area contributed by atoms with Crippen LogP contribution in [0.5, 0.6) is 17.4 Å². The van der Waals surface area contributed by atoms with Crippen LogP contribution in [0.3, 0.4) is 0 Å². The summed E-state index contributed by atoms with van der Waals surface area (Å²) in [5.41, 5.74) is 2.94. The van der Waals surface area contributed by atoms with Gasteiger partial charge in [0.05, 0.1) is 12.8 Å². The Morgan fingerprint density at radius 2 is 1.85 bits per heavy atom. The molecule has 2 heterocycles. The van der Waals surface area contributed by atoms with Gasteiger partial charge in [-0.25, -0.2) is 4.98 Å². The van der Waals surface area contributed by atoms with Crippen LogP contribution in [0.15, 0.2) is 48.2 Å². The van der Waals surface area contributed by atoms with Crippen molar-refractivity contribution in [2.24, 2.45) is 0 Å². The number of hydrogen-bond donors (Lipinski definition) is 0. The summed E-state index contributed by atoms with van der Waals surface area (Å²) < 4.78 is 11.3. The van der Waals surface area contributed by atoms with Crippen molar-refractivity contribution in [3.8, 4) is 17.4 Å². The summed E-state index contributed by atoms with van der Waals surface area (Å²) in [4.78, 5) is 6.86. The molecule has 2 aromatic rings. The van der Waals surface area contributed by atoms with Crippen LogP contribution in [0.4, 0.5) is 0 Å². The van der Waals surface area contributed by atoms with Crippen molar-refractivity contribution in [2.75, 3.05) is 19.7 Å². The number of aromatic nitrogens is 1. The van der Waals surface area contributed by atoms with Gasteiger partial charge in [-0.15, -0.1) is 0 Å². The number of benzene rings is 1. The standard InChI is InChI=1S/C23H30N2O2/c1-5-26-21-9-10-22(24-17-21)27-20-8-6-7-19(16-20)15-18-11-13-25(14-12-18)23(2,3)4/h6-10,15-17H,5,11-14H2,1-4H3. The summed E-state index contributed by atoms with van der Waals surface area (Å²) in [6, 6.07) is 11.9. The van der Waals surface area contributed by atoms with Gasteiger partial charge in [0.15, 0.2) is 0 Å². The minimum atomic E-state index is 0.254. The quantitative estimate of drug-likeness (QED) is 0.695. The topological polar surface area (TPSA) is 34.6 Å². The molecule has 0 saturated carbocycles. The highest BCUT2D eigenvalue weighted by Gasteiger charge is 2.24. The zero-order chi connectivity index (χ0) is 19.3. The lowest BCUT2D eigenvalue weighted by atomic mass is 9.96. The van der Waals surface area contributed by atoms with Crippen LogP contribution >= 0.6 is 0 Å². The van der Waals surface area contributed by atoms with Crippen molar-refractivity contribution >= 4 is 6.08 Å². The minimum absolute atomic E-state index is 0.254. The Kier molecular flexibility index (Phi) is 6.17. The number of ether oxygens (including phenoxy) is 2. The van der Waals surface area contributed by atoms with Crippen LogP contribution in [-0.4, -0.2) is 35.1 Å². The fourth-order valence-corrected chi connectivity index (χ4v) is 3.31. The molecule has 1 fully saturated rings. The average molecular weight is 367 g/mol. The molecule has 0 N–H and O–H groups in total. The fraction of sp³-hybridized carbons (Fsp3) is 0.435. The highest BCUT2D eigenvalue weighted by molar-refractivity contribution is 5.55. The van der Waals surface area contributed by atoms with Crippen LogP contribution in [0.25, 0.3) is 6.08 Å².